The maximum atomic E-state index is 12.6. The van der Waals surface area contributed by atoms with Crippen LogP contribution >= 0.6 is 11.8 Å². The summed E-state index contributed by atoms with van der Waals surface area (Å²) in [4.78, 5) is 12.6. The summed E-state index contributed by atoms with van der Waals surface area (Å²) in [7, 11) is 0. The van der Waals surface area contributed by atoms with Crippen LogP contribution in [0.1, 0.15) is 39.0 Å². The third-order valence-corrected chi connectivity index (χ3v) is 5.49. The molecule has 2 heterocycles. The number of Topliss-reactive ketones (excluding diaryl/α,β-unsaturated/α-hetero) is 1. The van der Waals surface area contributed by atoms with Gasteiger partial charge in [-0.3, -0.25) is 4.79 Å². The van der Waals surface area contributed by atoms with Crippen LogP contribution in [0.4, 0.5) is 0 Å². The Kier molecular flexibility index (Phi) is 5.09. The van der Waals surface area contributed by atoms with E-state index in [0.717, 1.165) is 16.7 Å². The molecular weight excluding hydrogens is 376 g/mol. The molecule has 2 aromatic carbocycles. The van der Waals surface area contributed by atoms with E-state index in [4.69, 9.17) is 13.9 Å². The lowest BCUT2D eigenvalue weighted by Gasteiger charge is -2.23. The Morgan fingerprint density at radius 3 is 2.64 bits per heavy atom. The fourth-order valence-corrected chi connectivity index (χ4v) is 3.67. The number of rotatable bonds is 5. The van der Waals surface area contributed by atoms with E-state index in [2.05, 4.69) is 10.2 Å². The molecule has 1 atom stereocenters. The van der Waals surface area contributed by atoms with Gasteiger partial charge in [0.05, 0.1) is 5.75 Å². The first-order valence-electron chi connectivity index (χ1n) is 8.97. The highest BCUT2D eigenvalue weighted by molar-refractivity contribution is 7.99. The van der Waals surface area contributed by atoms with Crippen molar-refractivity contribution in [1.82, 2.24) is 10.2 Å². The van der Waals surface area contributed by atoms with Gasteiger partial charge in [0.2, 0.25) is 6.10 Å². The number of thioether (sulfide) groups is 1. The number of hydrogen-bond acceptors (Lipinski definition) is 7. The maximum absolute atomic E-state index is 12.6. The topological polar surface area (TPSA) is 74.5 Å². The summed E-state index contributed by atoms with van der Waals surface area (Å²) in [5.41, 5.74) is 4.00. The van der Waals surface area contributed by atoms with Gasteiger partial charge >= 0.3 is 0 Å². The van der Waals surface area contributed by atoms with Crippen molar-refractivity contribution < 1.29 is 18.7 Å². The van der Waals surface area contributed by atoms with Crippen molar-refractivity contribution in [3.05, 3.63) is 64.5 Å². The molecule has 1 aromatic heterocycles. The average molecular weight is 396 g/mol. The Labute approximate surface area is 167 Å². The number of ether oxygens (including phenoxy) is 2. The van der Waals surface area contributed by atoms with Gasteiger partial charge in [-0.1, -0.05) is 30.0 Å². The number of hydrogen-bond donors (Lipinski definition) is 0. The number of ketones is 1. The second kappa shape index (κ2) is 7.67. The van der Waals surface area contributed by atoms with Crippen LogP contribution in [0.2, 0.25) is 0 Å². The number of nitrogens with zero attached hydrogens (tertiary/aromatic N) is 2. The van der Waals surface area contributed by atoms with Gasteiger partial charge in [-0.2, -0.15) is 0 Å². The smallest absolute Gasteiger partial charge is 0.277 e. The Morgan fingerprint density at radius 1 is 1.07 bits per heavy atom. The average Bonchev–Trinajstić information content (AvgIpc) is 3.17. The summed E-state index contributed by atoms with van der Waals surface area (Å²) in [6.45, 7) is 6.30. The Bertz CT molecular complexity index is 1030. The second-order valence-corrected chi connectivity index (χ2v) is 7.66. The first kappa shape index (κ1) is 18.6. The predicted octanol–water partition coefficient (Wildman–Crippen LogP) is 4.48. The van der Waals surface area contributed by atoms with Crippen LogP contribution in [0.3, 0.4) is 0 Å². The van der Waals surface area contributed by atoms with Crippen molar-refractivity contribution >= 4 is 17.5 Å². The van der Waals surface area contributed by atoms with E-state index in [1.165, 1.54) is 17.3 Å². The van der Waals surface area contributed by atoms with Crippen LogP contribution in [-0.4, -0.2) is 28.3 Å². The molecule has 0 saturated heterocycles. The molecule has 1 aliphatic heterocycles. The number of benzene rings is 2. The van der Waals surface area contributed by atoms with Gasteiger partial charge in [-0.15, -0.1) is 10.2 Å². The maximum Gasteiger partial charge on any atom is 0.277 e. The summed E-state index contributed by atoms with van der Waals surface area (Å²) in [6.07, 6.45) is -0.463. The number of carbonyl (C=O) groups is 1. The van der Waals surface area contributed by atoms with Crippen molar-refractivity contribution in [2.75, 3.05) is 12.4 Å². The zero-order chi connectivity index (χ0) is 19.7. The van der Waals surface area contributed by atoms with E-state index in [1.54, 1.807) is 0 Å². The monoisotopic (exact) mass is 396 g/mol. The van der Waals surface area contributed by atoms with Crippen molar-refractivity contribution in [2.24, 2.45) is 0 Å². The molecule has 6 nitrogen and oxygen atoms in total. The largest absolute Gasteiger partial charge is 0.485 e. The number of para-hydroxylation sites is 2. The summed E-state index contributed by atoms with van der Waals surface area (Å²) >= 11 is 1.23. The van der Waals surface area contributed by atoms with Crippen LogP contribution in [0, 0.1) is 20.8 Å². The van der Waals surface area contributed by atoms with E-state index in [-0.39, 0.29) is 11.5 Å². The number of aryl methyl sites for hydroxylation is 3. The standard InChI is InChI=1S/C21H20N2O4S/c1-12-8-14(3)15(9-13(12)2)16(24)11-28-21-23-22-20(27-21)19-10-25-17-6-4-5-7-18(17)26-19/h4-9,19H,10-11H2,1-3H3/t19-/m0/s1. The molecular formula is C21H20N2O4S. The SMILES string of the molecule is Cc1cc(C)c(C(=O)CSc2nnc([C@@H]3COc4ccccc4O3)o2)cc1C. The molecule has 0 saturated carbocycles. The van der Waals surface area contributed by atoms with Gasteiger partial charge in [0.1, 0.15) is 6.61 Å². The van der Waals surface area contributed by atoms with Crippen LogP contribution in [-0.2, 0) is 0 Å². The number of fused-ring (bicyclic) bond motifs is 1. The van der Waals surface area contributed by atoms with E-state index >= 15 is 0 Å². The summed E-state index contributed by atoms with van der Waals surface area (Å²) in [5.74, 6) is 1.95. The molecule has 0 radical (unpaired) electrons. The lowest BCUT2D eigenvalue weighted by molar-refractivity contribution is 0.0686. The minimum atomic E-state index is -0.463. The molecule has 0 spiro atoms. The lowest BCUT2D eigenvalue weighted by atomic mass is 9.99. The molecule has 144 valence electrons. The highest BCUT2D eigenvalue weighted by atomic mass is 32.2. The van der Waals surface area contributed by atoms with Gasteiger partial charge in [-0.25, -0.2) is 0 Å². The predicted molar refractivity (Wildman–Crippen MR) is 105 cm³/mol. The number of carbonyl (C=O) groups excluding carboxylic acids is 1. The minimum absolute atomic E-state index is 0.0385. The zero-order valence-corrected chi connectivity index (χ0v) is 16.7. The molecule has 0 amide bonds. The van der Waals surface area contributed by atoms with Gasteiger partial charge in [0.15, 0.2) is 17.3 Å². The highest BCUT2D eigenvalue weighted by Crippen LogP contribution is 2.36. The van der Waals surface area contributed by atoms with Gasteiger partial charge in [0.25, 0.3) is 11.1 Å². The normalized spacial score (nSPS) is 15.5. The molecule has 0 N–H and O–H groups in total. The van der Waals surface area contributed by atoms with E-state index in [1.807, 2.05) is 57.2 Å². The molecule has 0 bridgehead atoms. The van der Waals surface area contributed by atoms with E-state index < -0.39 is 6.10 Å². The highest BCUT2D eigenvalue weighted by Gasteiger charge is 2.27. The summed E-state index contributed by atoms with van der Waals surface area (Å²) < 4.78 is 17.2. The quantitative estimate of drug-likeness (QED) is 0.465. The fraction of sp³-hybridized carbons (Fsp3) is 0.286. The van der Waals surface area contributed by atoms with Crippen molar-refractivity contribution in [3.63, 3.8) is 0 Å². The molecule has 0 aliphatic carbocycles. The summed E-state index contributed by atoms with van der Waals surface area (Å²) in [5, 5.41) is 8.42. The van der Waals surface area contributed by atoms with Gasteiger partial charge in [-0.05, 0) is 55.7 Å². The molecule has 3 aromatic rings. The van der Waals surface area contributed by atoms with Crippen LogP contribution in [0.25, 0.3) is 0 Å². The third kappa shape index (κ3) is 3.75. The van der Waals surface area contributed by atoms with Gasteiger partial charge < -0.3 is 13.9 Å². The molecule has 28 heavy (non-hydrogen) atoms. The minimum Gasteiger partial charge on any atom is -0.485 e. The van der Waals surface area contributed by atoms with Crippen molar-refractivity contribution in [2.45, 2.75) is 32.1 Å². The number of aromatic nitrogens is 2. The van der Waals surface area contributed by atoms with Crippen LogP contribution in [0.15, 0.2) is 46.0 Å². The van der Waals surface area contributed by atoms with Gasteiger partial charge in [0, 0.05) is 5.56 Å². The zero-order valence-electron chi connectivity index (χ0n) is 15.9. The molecule has 0 unspecified atom stereocenters. The van der Waals surface area contributed by atoms with E-state index in [9.17, 15) is 4.79 Å². The molecule has 4 rings (SSSR count). The molecule has 7 heteroatoms. The second-order valence-electron chi connectivity index (χ2n) is 6.73. The Morgan fingerprint density at radius 2 is 1.82 bits per heavy atom. The Balaban J connectivity index is 1.41. The van der Waals surface area contributed by atoms with Crippen LogP contribution < -0.4 is 9.47 Å². The first-order chi connectivity index (χ1) is 13.5. The van der Waals surface area contributed by atoms with Crippen molar-refractivity contribution in [1.29, 1.82) is 0 Å². The Hall–Kier alpha value is -2.80. The third-order valence-electron chi connectivity index (χ3n) is 4.67. The van der Waals surface area contributed by atoms with Crippen molar-refractivity contribution in [3.8, 4) is 11.5 Å². The summed E-state index contributed by atoms with van der Waals surface area (Å²) in [6, 6.07) is 11.4. The molecule has 1 aliphatic rings. The fourth-order valence-electron chi connectivity index (χ4n) is 3.02. The van der Waals surface area contributed by atoms with E-state index in [0.29, 0.717) is 29.2 Å². The first-order valence-corrected chi connectivity index (χ1v) is 9.95. The lowest BCUT2D eigenvalue weighted by Crippen LogP contribution is -2.21. The molecule has 0 fully saturated rings. The van der Waals surface area contributed by atoms with Crippen LogP contribution in [0.5, 0.6) is 11.5 Å².